The van der Waals surface area contributed by atoms with Crippen LogP contribution in [0.15, 0.2) is 0 Å². The Balaban J connectivity index is -0.000000120. The molecule has 0 saturated carbocycles. The van der Waals surface area contributed by atoms with Crippen LogP contribution in [0.2, 0.25) is 0 Å². The van der Waals surface area contributed by atoms with Crippen LogP contribution in [0, 0.1) is 0 Å². The molecule has 0 unspecified atom stereocenters. The van der Waals surface area contributed by atoms with Crippen LogP contribution in [-0.4, -0.2) is 39.7 Å². The molecule has 0 bridgehead atoms. The molecule has 0 aliphatic carbocycles. The van der Waals surface area contributed by atoms with E-state index in [9.17, 15) is 16.8 Å². The number of rotatable bonds is 6. The maximum Gasteiger partial charge on any atom is 1.00 e. The van der Waals surface area contributed by atoms with Gasteiger partial charge in [-0.1, -0.05) is 0 Å². The maximum atomic E-state index is 10.5. The Morgan fingerprint density at radius 2 is 1.60 bits per heavy atom. The van der Waals surface area contributed by atoms with Crippen molar-refractivity contribution in [3.05, 3.63) is 0 Å². The molecule has 0 heterocycles. The topological polar surface area (TPSA) is 127 Å². The van der Waals surface area contributed by atoms with Crippen LogP contribution < -0.4 is 59.1 Å². The van der Waals surface area contributed by atoms with Crippen LogP contribution in [0.3, 0.4) is 0 Å². The Bertz CT molecular complexity index is 342. The van der Waals surface area contributed by atoms with Gasteiger partial charge in [-0.05, 0) is 6.42 Å². The summed E-state index contributed by atoms with van der Waals surface area (Å²) in [5.41, 5.74) is 0. The normalized spacial score (nSPS) is 11.3. The molecule has 0 aliphatic heterocycles. The summed E-state index contributed by atoms with van der Waals surface area (Å²) in [4.78, 5) is 0. The van der Waals surface area contributed by atoms with Gasteiger partial charge < -0.3 is 7.96 Å². The Morgan fingerprint density at radius 1 is 1.13 bits per heavy atom. The summed E-state index contributed by atoms with van der Waals surface area (Å²) in [5, 5.41) is 8.21. The van der Waals surface area contributed by atoms with E-state index in [4.69, 9.17) is 9.66 Å². The van der Waals surface area contributed by atoms with Crippen LogP contribution in [-0.2, 0) is 28.6 Å². The van der Waals surface area contributed by atoms with Crippen molar-refractivity contribution in [1.82, 2.24) is 0 Å². The summed E-state index contributed by atoms with van der Waals surface area (Å²) in [6, 6.07) is 0. The first kappa shape index (κ1) is 22.0. The molecule has 0 radical (unpaired) electrons. The van der Waals surface area contributed by atoms with E-state index in [1.165, 1.54) is 0 Å². The predicted octanol–water partition coefficient (Wildman–Crippen LogP) is -7.32. The molecule has 2 N–H and O–H groups in total. The first-order chi connectivity index (χ1) is 5.77. The van der Waals surface area contributed by atoms with Crippen LogP contribution >= 0.6 is 0 Å². The molecule has 0 rings (SSSR count). The van der Waals surface area contributed by atoms with Crippen LogP contribution in [0.25, 0.3) is 0 Å². The summed E-state index contributed by atoms with van der Waals surface area (Å²) >= 11 is 0. The van der Waals surface area contributed by atoms with E-state index in [0.717, 1.165) is 0 Å². The van der Waals surface area contributed by atoms with E-state index >= 15 is 0 Å². The standard InChI is InChI=1S/C3H8O8S2.2Na.2H/c4-2-1-3-10-13(8,9)11-12(5,6)7;;;;/h4H,1-3H2,(H,5,6,7);;;;/q;2*+1;2*-1. The summed E-state index contributed by atoms with van der Waals surface area (Å²) < 4.78 is 55.7. The molecule has 0 spiro atoms. The molecule has 84 valence electrons. The van der Waals surface area contributed by atoms with Gasteiger partial charge in [-0.3, -0.25) is 4.55 Å². The van der Waals surface area contributed by atoms with Gasteiger partial charge in [0, 0.05) is 6.61 Å². The third-order valence-corrected chi connectivity index (χ3v) is 2.51. The molecule has 0 saturated heterocycles. The second-order valence-electron chi connectivity index (χ2n) is 1.80. The van der Waals surface area contributed by atoms with Gasteiger partial charge in [0.2, 0.25) is 0 Å². The summed E-state index contributed by atoms with van der Waals surface area (Å²) in [6.45, 7) is -0.754. The van der Waals surface area contributed by atoms with Crippen molar-refractivity contribution < 1.29 is 96.3 Å². The molecule has 0 aromatic heterocycles. The molecule has 8 nitrogen and oxygen atoms in total. The third kappa shape index (κ3) is 15.7. The van der Waals surface area contributed by atoms with E-state index in [1.54, 1.807) is 0 Å². The summed E-state index contributed by atoms with van der Waals surface area (Å²) in [7, 11) is -9.86. The number of hydrogen-bond donors (Lipinski definition) is 2. The minimum atomic E-state index is -5.09. The number of aliphatic hydroxyl groups excluding tert-OH is 1. The van der Waals surface area contributed by atoms with Gasteiger partial charge in [-0.2, -0.15) is 16.8 Å². The fraction of sp³-hybridized carbons (Fsp3) is 1.00. The zero-order valence-electron chi connectivity index (χ0n) is 10.3. The van der Waals surface area contributed by atoms with E-state index in [0.29, 0.717) is 0 Å². The molecule has 0 aromatic carbocycles. The van der Waals surface area contributed by atoms with Gasteiger partial charge in [0.1, 0.15) is 0 Å². The molecule has 0 fully saturated rings. The molecule has 0 amide bonds. The number of hydrogen-bond acceptors (Lipinski definition) is 7. The van der Waals surface area contributed by atoms with Gasteiger partial charge in [-0.25, -0.2) is 4.18 Å². The van der Waals surface area contributed by atoms with Gasteiger partial charge in [0.25, 0.3) is 0 Å². The fourth-order valence-electron chi connectivity index (χ4n) is 0.350. The minimum Gasteiger partial charge on any atom is -1.00 e. The Labute approximate surface area is 135 Å². The maximum absolute atomic E-state index is 10.5. The molecule has 15 heavy (non-hydrogen) atoms. The van der Waals surface area contributed by atoms with Gasteiger partial charge >= 0.3 is 79.9 Å². The van der Waals surface area contributed by atoms with Crippen LogP contribution in [0.1, 0.15) is 9.27 Å². The average molecular weight is 284 g/mol. The monoisotopic (exact) mass is 284 g/mol. The van der Waals surface area contributed by atoms with E-state index in [-0.39, 0.29) is 75.0 Å². The largest absolute Gasteiger partial charge is 1.00 e. The van der Waals surface area contributed by atoms with E-state index in [1.807, 2.05) is 0 Å². The number of aliphatic hydroxyl groups is 1. The molecule has 0 aromatic rings. The van der Waals surface area contributed by atoms with E-state index < -0.39 is 27.4 Å². The second kappa shape index (κ2) is 9.74. The summed E-state index contributed by atoms with van der Waals surface area (Å²) in [5.74, 6) is 0. The van der Waals surface area contributed by atoms with Crippen molar-refractivity contribution in [2.24, 2.45) is 0 Å². The van der Waals surface area contributed by atoms with Crippen LogP contribution in [0.4, 0.5) is 0 Å². The molecular formula is C3H10Na2O8S2. The molecular weight excluding hydrogens is 274 g/mol. The average Bonchev–Trinajstić information content (AvgIpc) is 1.81. The zero-order chi connectivity index (χ0) is 10.5. The van der Waals surface area contributed by atoms with Gasteiger partial charge in [0.05, 0.1) is 6.61 Å². The van der Waals surface area contributed by atoms with Crippen molar-refractivity contribution >= 4 is 20.8 Å². The van der Waals surface area contributed by atoms with Gasteiger partial charge in [-0.15, -0.1) is 3.63 Å². The Hall–Kier alpha value is 1.74. The summed E-state index contributed by atoms with van der Waals surface area (Å²) in [6.07, 6.45) is -0.00589. The fourth-order valence-corrected chi connectivity index (χ4v) is 1.67. The quantitative estimate of drug-likeness (QED) is 0.280. The van der Waals surface area contributed by atoms with Crippen molar-refractivity contribution in [3.63, 3.8) is 0 Å². The minimum absolute atomic E-state index is 0. The first-order valence-corrected chi connectivity index (χ1v) is 5.65. The Kier molecular flexibility index (Phi) is 14.3. The van der Waals surface area contributed by atoms with Crippen molar-refractivity contribution in [3.8, 4) is 0 Å². The third-order valence-electron chi connectivity index (χ3n) is 0.699. The zero-order valence-corrected chi connectivity index (χ0v) is 13.9. The van der Waals surface area contributed by atoms with Crippen LogP contribution in [0.5, 0.6) is 0 Å². The van der Waals surface area contributed by atoms with Crippen molar-refractivity contribution in [1.29, 1.82) is 0 Å². The molecule has 0 aliphatic rings. The van der Waals surface area contributed by atoms with E-state index in [2.05, 4.69) is 7.81 Å². The first-order valence-electron chi connectivity index (χ1n) is 2.95. The second-order valence-corrected chi connectivity index (χ2v) is 4.26. The van der Waals surface area contributed by atoms with Gasteiger partial charge in [0.15, 0.2) is 0 Å². The molecule has 0 atom stereocenters. The van der Waals surface area contributed by atoms with Crippen molar-refractivity contribution in [2.75, 3.05) is 13.2 Å². The SMILES string of the molecule is O=S(=O)(O)OS(=O)(=O)OCCCO.[H-].[H-].[Na+].[Na+]. The van der Waals surface area contributed by atoms with Crippen molar-refractivity contribution in [2.45, 2.75) is 6.42 Å². The Morgan fingerprint density at radius 3 is 1.93 bits per heavy atom. The predicted molar refractivity (Wildman–Crippen MR) is 41.4 cm³/mol. The smallest absolute Gasteiger partial charge is 1.00 e. The molecule has 12 heteroatoms.